The molecule has 1 aliphatic rings. The molecule has 3 nitrogen and oxygen atoms in total. The first-order valence-electron chi connectivity index (χ1n) is 14.3. The quantitative estimate of drug-likeness (QED) is 0.261. The third-order valence-electron chi connectivity index (χ3n) is 7.62. The van der Waals surface area contributed by atoms with Gasteiger partial charge in [0.05, 0.1) is 18.1 Å². The third-order valence-corrected chi connectivity index (χ3v) is 7.62. The number of pyridine rings is 1. The summed E-state index contributed by atoms with van der Waals surface area (Å²) in [7, 11) is 1.66. The van der Waals surface area contributed by atoms with E-state index in [2.05, 4.69) is 55.7 Å². The van der Waals surface area contributed by atoms with E-state index in [0.717, 1.165) is 46.0 Å². The highest BCUT2D eigenvalue weighted by molar-refractivity contribution is 6.10. The molecule has 3 aromatic carbocycles. The number of aryl methyl sites for hydroxylation is 3. The summed E-state index contributed by atoms with van der Waals surface area (Å²) < 4.78 is 32.9. The van der Waals surface area contributed by atoms with Crippen LogP contribution < -0.4 is 4.74 Å². The number of hydrogen-bond acceptors (Lipinski definition) is 2. The number of rotatable bonds is 3. The Morgan fingerprint density at radius 3 is 2.28 bits per heavy atom. The summed E-state index contributed by atoms with van der Waals surface area (Å²) in [6.45, 7) is 4.21. The molecule has 0 spiro atoms. The van der Waals surface area contributed by atoms with Gasteiger partial charge in [-0.15, -0.1) is 0 Å². The van der Waals surface area contributed by atoms with Gasteiger partial charge in [-0.05, 0) is 96.1 Å². The van der Waals surface area contributed by atoms with Gasteiger partial charge in [-0.25, -0.2) is 4.98 Å². The van der Waals surface area contributed by atoms with Crippen LogP contribution in [0.4, 0.5) is 0 Å². The molecule has 0 unspecified atom stereocenters. The van der Waals surface area contributed by atoms with Crippen molar-refractivity contribution >= 4 is 21.8 Å². The molecule has 0 atom stereocenters. The van der Waals surface area contributed by atoms with Crippen molar-refractivity contribution in [2.45, 2.75) is 58.7 Å². The first-order valence-corrected chi connectivity index (χ1v) is 12.8. The Labute approximate surface area is 218 Å². The highest BCUT2D eigenvalue weighted by Gasteiger charge is 2.19. The Balaban J connectivity index is 1.59. The molecule has 0 aliphatic heterocycles. The highest BCUT2D eigenvalue weighted by Crippen LogP contribution is 2.38. The van der Waals surface area contributed by atoms with E-state index >= 15 is 0 Å². The van der Waals surface area contributed by atoms with Gasteiger partial charge in [0.1, 0.15) is 11.6 Å². The van der Waals surface area contributed by atoms with Crippen LogP contribution in [-0.2, 0) is 18.3 Å². The molecule has 3 heteroatoms. The summed E-state index contributed by atoms with van der Waals surface area (Å²) in [5.74, 6) is 1.35. The second kappa shape index (κ2) is 8.51. The van der Waals surface area contributed by atoms with E-state index in [1.54, 1.807) is 19.4 Å². The minimum absolute atomic E-state index is 0.0181. The highest BCUT2D eigenvalue weighted by atomic mass is 16.5. The SMILES string of the molecule is [2H]C([2H])([2H])c1cc(-n2c3cc(OC)ccc3c3cc4c(cc32)CCCC4)ncc1-c1ccc(C(C)(C)C)cc1. The van der Waals surface area contributed by atoms with Crippen LogP contribution in [0.1, 0.15) is 60.0 Å². The standard InChI is InChI=1S/C33H34N2O/c1-21-16-32(34-20-29(21)22-10-12-25(13-11-22)33(2,3)4)35-30-18-24-9-7-6-8-23(24)17-28(30)27-15-14-26(36-5)19-31(27)35/h10-20H,6-9H2,1-5H3/i1D3. The average Bonchev–Trinajstić information content (AvgIpc) is 3.22. The lowest BCUT2D eigenvalue weighted by molar-refractivity contribution is 0.415. The summed E-state index contributed by atoms with van der Waals surface area (Å²) >= 11 is 0. The Bertz CT molecular complexity index is 1710. The van der Waals surface area contributed by atoms with Gasteiger partial charge in [-0.2, -0.15) is 0 Å². The second-order valence-electron chi connectivity index (χ2n) is 11.0. The molecule has 36 heavy (non-hydrogen) atoms. The molecular formula is C33H34N2O. The van der Waals surface area contributed by atoms with Crippen molar-refractivity contribution < 1.29 is 8.85 Å². The molecule has 2 aromatic heterocycles. The fourth-order valence-electron chi connectivity index (χ4n) is 5.55. The van der Waals surface area contributed by atoms with Crippen LogP contribution in [0, 0.1) is 6.85 Å². The van der Waals surface area contributed by atoms with Crippen molar-refractivity contribution in [2.24, 2.45) is 0 Å². The largest absolute Gasteiger partial charge is 0.497 e. The number of benzene rings is 3. The molecule has 0 fully saturated rings. The summed E-state index contributed by atoms with van der Waals surface area (Å²) in [5, 5.41) is 2.27. The summed E-state index contributed by atoms with van der Waals surface area (Å²) in [6.07, 6.45) is 6.29. The van der Waals surface area contributed by atoms with Crippen molar-refractivity contribution in [1.29, 1.82) is 0 Å². The van der Waals surface area contributed by atoms with Gasteiger partial charge >= 0.3 is 0 Å². The van der Waals surface area contributed by atoms with E-state index < -0.39 is 6.85 Å². The van der Waals surface area contributed by atoms with E-state index in [9.17, 15) is 0 Å². The molecule has 0 amide bonds. The van der Waals surface area contributed by atoms with E-state index in [-0.39, 0.29) is 5.41 Å². The number of hydrogen-bond donors (Lipinski definition) is 0. The van der Waals surface area contributed by atoms with Gasteiger partial charge < -0.3 is 4.74 Å². The van der Waals surface area contributed by atoms with E-state index in [0.29, 0.717) is 16.9 Å². The van der Waals surface area contributed by atoms with Gasteiger partial charge in [-0.3, -0.25) is 4.57 Å². The van der Waals surface area contributed by atoms with E-state index in [1.807, 2.05) is 24.3 Å². The maximum atomic E-state index is 8.42. The molecule has 5 aromatic rings. The van der Waals surface area contributed by atoms with Crippen molar-refractivity contribution in [2.75, 3.05) is 7.11 Å². The molecule has 6 rings (SSSR count). The minimum Gasteiger partial charge on any atom is -0.497 e. The molecule has 0 radical (unpaired) electrons. The fourth-order valence-corrected chi connectivity index (χ4v) is 5.55. The maximum Gasteiger partial charge on any atom is 0.137 e. The molecular weight excluding hydrogens is 440 g/mol. The van der Waals surface area contributed by atoms with Gasteiger partial charge in [0, 0.05) is 32.7 Å². The van der Waals surface area contributed by atoms with E-state index in [1.165, 1.54) is 29.5 Å². The summed E-state index contributed by atoms with van der Waals surface area (Å²) in [4.78, 5) is 4.88. The van der Waals surface area contributed by atoms with Crippen molar-refractivity contribution in [3.63, 3.8) is 0 Å². The smallest absolute Gasteiger partial charge is 0.137 e. The van der Waals surface area contributed by atoms with Crippen LogP contribution in [0.15, 0.2) is 66.9 Å². The van der Waals surface area contributed by atoms with Crippen molar-refractivity contribution in [3.8, 4) is 22.7 Å². The first-order chi connectivity index (χ1) is 18.5. The first kappa shape index (κ1) is 19.6. The van der Waals surface area contributed by atoms with Crippen LogP contribution in [0.5, 0.6) is 5.75 Å². The summed E-state index contributed by atoms with van der Waals surface area (Å²) in [6, 6.07) is 20.6. The predicted molar refractivity (Wildman–Crippen MR) is 151 cm³/mol. The number of aromatic nitrogens is 2. The normalized spacial score (nSPS) is 15.4. The molecule has 182 valence electrons. The Kier molecular flexibility index (Phi) is 4.63. The lowest BCUT2D eigenvalue weighted by Crippen LogP contribution is -2.10. The Morgan fingerprint density at radius 2 is 1.58 bits per heavy atom. The predicted octanol–water partition coefficient (Wildman–Crippen LogP) is 8.34. The number of nitrogens with zero attached hydrogens (tertiary/aromatic N) is 2. The van der Waals surface area contributed by atoms with Crippen LogP contribution in [0.3, 0.4) is 0 Å². The second-order valence-corrected chi connectivity index (χ2v) is 11.0. The topological polar surface area (TPSA) is 27.1 Å². The molecule has 1 aliphatic carbocycles. The zero-order valence-corrected chi connectivity index (χ0v) is 21.5. The molecule has 0 N–H and O–H groups in total. The Morgan fingerprint density at radius 1 is 0.861 bits per heavy atom. The van der Waals surface area contributed by atoms with Gasteiger partial charge in [0.2, 0.25) is 0 Å². The van der Waals surface area contributed by atoms with Gasteiger partial charge in [0.15, 0.2) is 0 Å². The van der Waals surface area contributed by atoms with Gasteiger partial charge in [-0.1, -0.05) is 45.0 Å². The number of methoxy groups -OCH3 is 1. The average molecular weight is 478 g/mol. The molecule has 2 heterocycles. The molecule has 0 bridgehead atoms. The zero-order chi connectivity index (χ0) is 27.5. The summed E-state index contributed by atoms with van der Waals surface area (Å²) in [5.41, 5.74) is 7.79. The third kappa shape index (κ3) is 3.78. The number of fused-ring (bicyclic) bond motifs is 4. The van der Waals surface area contributed by atoms with Crippen LogP contribution in [0.2, 0.25) is 0 Å². The maximum absolute atomic E-state index is 8.42. The van der Waals surface area contributed by atoms with Crippen LogP contribution >= 0.6 is 0 Å². The molecule has 0 saturated carbocycles. The van der Waals surface area contributed by atoms with Gasteiger partial charge in [0.25, 0.3) is 0 Å². The minimum atomic E-state index is -2.30. The van der Waals surface area contributed by atoms with E-state index in [4.69, 9.17) is 13.8 Å². The van der Waals surface area contributed by atoms with Crippen LogP contribution in [-0.4, -0.2) is 16.7 Å². The number of ether oxygens (including phenoxy) is 1. The fraction of sp³-hybridized carbons (Fsp3) is 0.303. The molecule has 0 saturated heterocycles. The van der Waals surface area contributed by atoms with Crippen molar-refractivity contribution in [1.82, 2.24) is 9.55 Å². The van der Waals surface area contributed by atoms with Crippen LogP contribution in [0.25, 0.3) is 38.8 Å². The lowest BCUT2D eigenvalue weighted by atomic mass is 9.86. The Hall–Kier alpha value is -3.59. The van der Waals surface area contributed by atoms with Crippen molar-refractivity contribution in [3.05, 3.63) is 89.1 Å². The zero-order valence-electron chi connectivity index (χ0n) is 24.5. The monoisotopic (exact) mass is 477 g/mol. The lowest BCUT2D eigenvalue weighted by Gasteiger charge is -2.19.